The van der Waals surface area contributed by atoms with Crippen molar-refractivity contribution in [2.45, 2.75) is 44.0 Å². The van der Waals surface area contributed by atoms with Gasteiger partial charge >= 0.3 is 6.18 Å². The minimum atomic E-state index is -4.32. The molecular weight excluding hydrogens is 383 g/mol. The largest absolute Gasteiger partial charge is 0.416 e. The molecule has 154 valence electrons. The standard InChI is InChI=1S/C20H22F3N5O/c1-27(18-10-15(11-29-2)26-19-24-12-25-28(18)19)17-5-3-4-16(17)13-6-8-14(9-7-13)20(21,22)23/h6-10,12,16-17H,3-5,11H2,1-2H3/t16-,17-/m1/s1. The van der Waals surface area contributed by atoms with Crippen molar-refractivity contribution in [1.29, 1.82) is 0 Å². The molecule has 9 heteroatoms. The van der Waals surface area contributed by atoms with Crippen molar-refractivity contribution in [1.82, 2.24) is 19.6 Å². The third-order valence-corrected chi connectivity index (χ3v) is 5.58. The normalized spacial score (nSPS) is 19.8. The van der Waals surface area contributed by atoms with Gasteiger partial charge in [-0.15, -0.1) is 0 Å². The second-order valence-corrected chi connectivity index (χ2v) is 7.35. The van der Waals surface area contributed by atoms with E-state index in [9.17, 15) is 13.2 Å². The lowest BCUT2D eigenvalue weighted by atomic mass is 9.92. The van der Waals surface area contributed by atoms with E-state index in [0.717, 1.165) is 36.3 Å². The number of hydrogen-bond acceptors (Lipinski definition) is 5. The third kappa shape index (κ3) is 3.78. The van der Waals surface area contributed by atoms with E-state index >= 15 is 0 Å². The van der Waals surface area contributed by atoms with E-state index in [2.05, 4.69) is 20.0 Å². The monoisotopic (exact) mass is 405 g/mol. The van der Waals surface area contributed by atoms with Gasteiger partial charge in [0.1, 0.15) is 12.1 Å². The minimum absolute atomic E-state index is 0.136. The Hall–Kier alpha value is -2.68. The molecule has 1 aliphatic rings. The van der Waals surface area contributed by atoms with E-state index in [0.29, 0.717) is 12.4 Å². The molecule has 2 atom stereocenters. The number of methoxy groups -OCH3 is 1. The van der Waals surface area contributed by atoms with Crippen LogP contribution in [-0.2, 0) is 17.5 Å². The molecule has 1 fully saturated rings. The maximum atomic E-state index is 12.9. The predicted molar refractivity (Wildman–Crippen MR) is 102 cm³/mol. The van der Waals surface area contributed by atoms with Crippen molar-refractivity contribution < 1.29 is 17.9 Å². The van der Waals surface area contributed by atoms with Gasteiger partial charge in [-0.1, -0.05) is 18.6 Å². The smallest absolute Gasteiger partial charge is 0.378 e. The number of hydrogen-bond donors (Lipinski definition) is 0. The summed E-state index contributed by atoms with van der Waals surface area (Å²) in [6.45, 7) is 0.358. The summed E-state index contributed by atoms with van der Waals surface area (Å²) in [4.78, 5) is 10.8. The number of rotatable bonds is 5. The molecular formula is C20H22F3N5O. The van der Waals surface area contributed by atoms with Crippen molar-refractivity contribution >= 4 is 11.6 Å². The van der Waals surface area contributed by atoms with Crippen molar-refractivity contribution in [2.24, 2.45) is 0 Å². The van der Waals surface area contributed by atoms with Crippen LogP contribution in [0.4, 0.5) is 19.0 Å². The van der Waals surface area contributed by atoms with Crippen LogP contribution in [0.15, 0.2) is 36.7 Å². The Morgan fingerprint density at radius 2 is 1.97 bits per heavy atom. The van der Waals surface area contributed by atoms with Crippen molar-refractivity contribution in [2.75, 3.05) is 19.1 Å². The predicted octanol–water partition coefficient (Wildman–Crippen LogP) is 4.06. The highest BCUT2D eigenvalue weighted by molar-refractivity contribution is 5.48. The van der Waals surface area contributed by atoms with Gasteiger partial charge in [0.25, 0.3) is 5.78 Å². The first-order valence-electron chi connectivity index (χ1n) is 9.47. The van der Waals surface area contributed by atoms with Crippen LogP contribution in [0.25, 0.3) is 5.78 Å². The number of ether oxygens (including phenoxy) is 1. The molecule has 0 amide bonds. The first-order valence-corrected chi connectivity index (χ1v) is 9.47. The SMILES string of the molecule is COCc1cc(N(C)[C@@H]2CCC[C@@H]2c2ccc(C(F)(F)F)cc2)n2ncnc2n1. The van der Waals surface area contributed by atoms with E-state index in [-0.39, 0.29) is 12.0 Å². The molecule has 0 spiro atoms. The quantitative estimate of drug-likeness (QED) is 0.641. The molecule has 1 aliphatic carbocycles. The van der Waals surface area contributed by atoms with Crippen LogP contribution < -0.4 is 4.90 Å². The molecule has 0 radical (unpaired) electrons. The Morgan fingerprint density at radius 1 is 1.21 bits per heavy atom. The van der Waals surface area contributed by atoms with Crippen molar-refractivity contribution in [3.05, 3.63) is 53.5 Å². The molecule has 1 saturated carbocycles. The van der Waals surface area contributed by atoms with Crippen LogP contribution in [0.5, 0.6) is 0 Å². The van der Waals surface area contributed by atoms with E-state index in [1.54, 1.807) is 23.8 Å². The summed E-state index contributed by atoms with van der Waals surface area (Å²) >= 11 is 0. The Balaban J connectivity index is 1.65. The number of fused-ring (bicyclic) bond motifs is 1. The van der Waals surface area contributed by atoms with Crippen molar-refractivity contribution in [3.63, 3.8) is 0 Å². The lowest BCUT2D eigenvalue weighted by molar-refractivity contribution is -0.137. The number of halogens is 3. The molecule has 0 N–H and O–H groups in total. The highest BCUT2D eigenvalue weighted by Gasteiger charge is 2.34. The lowest BCUT2D eigenvalue weighted by Gasteiger charge is -2.32. The first kappa shape index (κ1) is 19.6. The third-order valence-electron chi connectivity index (χ3n) is 5.58. The number of aromatic nitrogens is 4. The molecule has 1 aromatic carbocycles. The Kier molecular flexibility index (Phi) is 5.16. The zero-order chi connectivity index (χ0) is 20.6. The number of alkyl halides is 3. The van der Waals surface area contributed by atoms with Crippen LogP contribution in [0.2, 0.25) is 0 Å². The Labute approximate surface area is 166 Å². The molecule has 2 aromatic heterocycles. The zero-order valence-corrected chi connectivity index (χ0v) is 16.2. The molecule has 4 rings (SSSR count). The maximum absolute atomic E-state index is 12.9. The van der Waals surface area contributed by atoms with Gasteiger partial charge < -0.3 is 9.64 Å². The van der Waals surface area contributed by atoms with Crippen LogP contribution in [-0.4, -0.2) is 39.8 Å². The van der Waals surface area contributed by atoms with Gasteiger partial charge in [-0.25, -0.2) is 4.98 Å². The summed E-state index contributed by atoms with van der Waals surface area (Å²) in [6.07, 6.45) is 0.0184. The van der Waals surface area contributed by atoms with Gasteiger partial charge in [0.05, 0.1) is 17.9 Å². The number of anilines is 1. The van der Waals surface area contributed by atoms with Gasteiger partial charge in [-0.05, 0) is 30.5 Å². The van der Waals surface area contributed by atoms with Gasteiger partial charge in [0.2, 0.25) is 0 Å². The molecule has 0 aliphatic heterocycles. The zero-order valence-electron chi connectivity index (χ0n) is 16.2. The fourth-order valence-electron chi connectivity index (χ4n) is 4.20. The summed E-state index contributed by atoms with van der Waals surface area (Å²) < 4.78 is 45.6. The van der Waals surface area contributed by atoms with Crippen LogP contribution in [0.3, 0.4) is 0 Å². The fraction of sp³-hybridized carbons (Fsp3) is 0.450. The molecule has 29 heavy (non-hydrogen) atoms. The molecule has 2 heterocycles. The highest BCUT2D eigenvalue weighted by atomic mass is 19.4. The van der Waals surface area contributed by atoms with Crippen LogP contribution >= 0.6 is 0 Å². The van der Waals surface area contributed by atoms with Gasteiger partial charge in [-0.3, -0.25) is 0 Å². The molecule has 3 aromatic rings. The lowest BCUT2D eigenvalue weighted by Crippen LogP contribution is -2.35. The summed E-state index contributed by atoms with van der Waals surface area (Å²) in [5.74, 6) is 1.47. The number of nitrogens with zero attached hydrogens (tertiary/aromatic N) is 5. The second kappa shape index (κ2) is 7.62. The van der Waals surface area contributed by atoms with E-state index in [1.165, 1.54) is 18.5 Å². The molecule has 0 unspecified atom stereocenters. The van der Waals surface area contributed by atoms with Crippen molar-refractivity contribution in [3.8, 4) is 0 Å². The summed E-state index contributed by atoms with van der Waals surface area (Å²) in [5, 5.41) is 4.28. The summed E-state index contributed by atoms with van der Waals surface area (Å²) in [7, 11) is 3.59. The Bertz CT molecular complexity index is 986. The van der Waals surface area contributed by atoms with E-state index in [4.69, 9.17) is 4.74 Å². The molecule has 6 nitrogen and oxygen atoms in total. The van der Waals surface area contributed by atoms with E-state index in [1.807, 2.05) is 13.1 Å². The molecule has 0 bridgehead atoms. The first-order chi connectivity index (χ1) is 13.9. The number of benzene rings is 1. The molecule has 0 saturated heterocycles. The average Bonchev–Trinajstić information content (AvgIpc) is 3.36. The van der Waals surface area contributed by atoms with E-state index < -0.39 is 11.7 Å². The fourth-order valence-corrected chi connectivity index (χ4v) is 4.20. The minimum Gasteiger partial charge on any atom is -0.378 e. The summed E-state index contributed by atoms with van der Waals surface area (Å²) in [6, 6.07) is 7.61. The second-order valence-electron chi connectivity index (χ2n) is 7.35. The Morgan fingerprint density at radius 3 is 2.66 bits per heavy atom. The highest BCUT2D eigenvalue weighted by Crippen LogP contribution is 2.40. The number of likely N-dealkylation sites (N-methyl/N-ethyl adjacent to an activating group) is 1. The average molecular weight is 405 g/mol. The van der Waals surface area contributed by atoms with Gasteiger partial charge in [-0.2, -0.15) is 27.8 Å². The maximum Gasteiger partial charge on any atom is 0.416 e. The van der Waals surface area contributed by atoms with Gasteiger partial charge in [0, 0.05) is 32.2 Å². The van der Waals surface area contributed by atoms with Gasteiger partial charge in [0.15, 0.2) is 0 Å². The van der Waals surface area contributed by atoms with Crippen LogP contribution in [0, 0.1) is 0 Å². The summed E-state index contributed by atoms with van der Waals surface area (Å²) in [5.41, 5.74) is 1.05. The topological polar surface area (TPSA) is 55.6 Å². The van der Waals surface area contributed by atoms with Crippen LogP contribution in [0.1, 0.15) is 42.0 Å².